The zero-order chi connectivity index (χ0) is 28.1. The molecule has 2 aromatic rings. The molecule has 1 aliphatic heterocycles. The molecule has 208 valence electrons. The van der Waals surface area contributed by atoms with Crippen molar-refractivity contribution in [3.63, 3.8) is 0 Å². The highest BCUT2D eigenvalue weighted by Crippen LogP contribution is 2.30. The van der Waals surface area contributed by atoms with E-state index in [1.165, 1.54) is 6.26 Å². The van der Waals surface area contributed by atoms with Gasteiger partial charge in [0.1, 0.15) is 5.60 Å². The molecule has 1 aromatic heterocycles. The van der Waals surface area contributed by atoms with Crippen LogP contribution in [0.5, 0.6) is 0 Å². The van der Waals surface area contributed by atoms with Crippen molar-refractivity contribution in [2.45, 2.75) is 72.3 Å². The molecule has 0 saturated carbocycles. The number of anilines is 2. The molecule has 11 heteroatoms. The van der Waals surface area contributed by atoms with Crippen LogP contribution in [0.2, 0.25) is 0 Å². The van der Waals surface area contributed by atoms with Gasteiger partial charge in [-0.1, -0.05) is 32.9 Å². The molecular formula is C27H39N5O5S. The van der Waals surface area contributed by atoms with Crippen LogP contribution in [-0.4, -0.2) is 56.3 Å². The lowest BCUT2D eigenvalue weighted by Gasteiger charge is -2.35. The van der Waals surface area contributed by atoms with Crippen LogP contribution < -0.4 is 5.32 Å². The number of carbonyl (C=O) groups excluding carboxylic acids is 2. The normalized spacial score (nSPS) is 15.2. The quantitative estimate of drug-likeness (QED) is 0.471. The Morgan fingerprint density at radius 2 is 1.95 bits per heavy atom. The van der Waals surface area contributed by atoms with E-state index < -0.39 is 21.4 Å². The summed E-state index contributed by atoms with van der Waals surface area (Å²) < 4.78 is 27.1. The Hall–Kier alpha value is -3.21. The van der Waals surface area contributed by atoms with Gasteiger partial charge in [0.2, 0.25) is 5.95 Å². The van der Waals surface area contributed by atoms with Gasteiger partial charge >= 0.3 is 12.2 Å². The first-order chi connectivity index (χ1) is 17.6. The molecule has 1 unspecified atom stereocenters. The topological polar surface area (TPSA) is 123 Å². The maximum absolute atomic E-state index is 12.9. The van der Waals surface area contributed by atoms with E-state index >= 15 is 0 Å². The molecule has 0 bridgehead atoms. The van der Waals surface area contributed by atoms with Crippen LogP contribution in [0.25, 0.3) is 0 Å². The van der Waals surface area contributed by atoms with Crippen molar-refractivity contribution in [3.8, 4) is 0 Å². The Kier molecular flexibility index (Phi) is 9.01. The zero-order valence-corrected chi connectivity index (χ0v) is 24.2. The number of nitrogens with zero attached hydrogens (tertiary/aromatic N) is 4. The van der Waals surface area contributed by atoms with Gasteiger partial charge in [0.05, 0.1) is 34.3 Å². The van der Waals surface area contributed by atoms with Crippen LogP contribution in [0.3, 0.4) is 0 Å². The zero-order valence-electron chi connectivity index (χ0n) is 23.4. The summed E-state index contributed by atoms with van der Waals surface area (Å²) in [6.07, 6.45) is 3.43. The Bertz CT molecular complexity index is 1300. The molecule has 1 N–H and O–H groups in total. The number of benzene rings is 1. The molecule has 38 heavy (non-hydrogen) atoms. The molecule has 0 aliphatic carbocycles. The largest absolute Gasteiger partial charge is 0.448 e. The van der Waals surface area contributed by atoms with Crippen molar-refractivity contribution >= 4 is 33.6 Å². The van der Waals surface area contributed by atoms with E-state index in [1.807, 2.05) is 38.1 Å². The minimum atomic E-state index is -2.80. The number of amides is 2. The van der Waals surface area contributed by atoms with Crippen LogP contribution in [0.4, 0.5) is 21.2 Å². The van der Waals surface area contributed by atoms with Crippen molar-refractivity contribution in [1.29, 1.82) is 0 Å². The van der Waals surface area contributed by atoms with Crippen LogP contribution in [0, 0.1) is 5.41 Å². The predicted octanol–water partition coefficient (Wildman–Crippen LogP) is 5.68. The van der Waals surface area contributed by atoms with Crippen LogP contribution in [0.1, 0.15) is 64.8 Å². The SMILES string of the molecule is CCOC(=O)N=S(C)(=O)Cc1cccc(Nc2ncc3c(n2)CN(C(=O)OC(C)(C)CC(C)(C)C)CC3)c1. The number of hydrogen-bond donors (Lipinski definition) is 1. The highest BCUT2D eigenvalue weighted by molar-refractivity contribution is 7.92. The summed E-state index contributed by atoms with van der Waals surface area (Å²) in [5.74, 6) is 0.479. The monoisotopic (exact) mass is 545 g/mol. The van der Waals surface area contributed by atoms with Gasteiger partial charge in [-0.05, 0) is 62.3 Å². The van der Waals surface area contributed by atoms with E-state index in [4.69, 9.17) is 9.47 Å². The third-order valence-electron chi connectivity index (χ3n) is 5.68. The minimum absolute atomic E-state index is 0.0344. The van der Waals surface area contributed by atoms with E-state index in [9.17, 15) is 13.8 Å². The number of hydrogen-bond acceptors (Lipinski definition) is 8. The number of rotatable bonds is 7. The molecule has 1 aromatic carbocycles. The average molecular weight is 546 g/mol. The van der Waals surface area contributed by atoms with Gasteiger partial charge in [-0.25, -0.2) is 23.8 Å². The lowest BCUT2D eigenvalue weighted by Crippen LogP contribution is -2.42. The van der Waals surface area contributed by atoms with E-state index in [0.29, 0.717) is 31.1 Å². The molecule has 1 atom stereocenters. The predicted molar refractivity (Wildman–Crippen MR) is 148 cm³/mol. The number of ether oxygens (including phenoxy) is 2. The van der Waals surface area contributed by atoms with Gasteiger partial charge in [-0.2, -0.15) is 0 Å². The summed E-state index contributed by atoms with van der Waals surface area (Å²) in [7, 11) is -2.80. The first-order valence-electron chi connectivity index (χ1n) is 12.7. The smallest absolute Gasteiger partial charge is 0.441 e. The molecule has 2 amide bonds. The first kappa shape index (κ1) is 29.3. The highest BCUT2D eigenvalue weighted by Gasteiger charge is 2.32. The summed E-state index contributed by atoms with van der Waals surface area (Å²) in [5, 5.41) is 3.18. The van der Waals surface area contributed by atoms with Gasteiger partial charge < -0.3 is 19.7 Å². The van der Waals surface area contributed by atoms with E-state index in [2.05, 4.69) is 40.4 Å². The summed E-state index contributed by atoms with van der Waals surface area (Å²) >= 11 is 0. The second kappa shape index (κ2) is 11.7. The van der Waals surface area contributed by atoms with Gasteiger partial charge in [-0.15, -0.1) is 4.36 Å². The van der Waals surface area contributed by atoms with Crippen LogP contribution in [0.15, 0.2) is 34.8 Å². The Morgan fingerprint density at radius 1 is 1.21 bits per heavy atom. The summed E-state index contributed by atoms with van der Waals surface area (Å²) in [4.78, 5) is 35.3. The third-order valence-corrected chi connectivity index (χ3v) is 7.08. The molecule has 2 heterocycles. The maximum Gasteiger partial charge on any atom is 0.441 e. The van der Waals surface area contributed by atoms with Crippen molar-refractivity contribution < 1.29 is 23.3 Å². The lowest BCUT2D eigenvalue weighted by molar-refractivity contribution is -0.0118. The molecule has 10 nitrogen and oxygen atoms in total. The molecule has 0 spiro atoms. The van der Waals surface area contributed by atoms with E-state index in [-0.39, 0.29) is 23.9 Å². The van der Waals surface area contributed by atoms with Crippen molar-refractivity contribution in [3.05, 3.63) is 47.3 Å². The number of fused-ring (bicyclic) bond motifs is 1. The lowest BCUT2D eigenvalue weighted by atomic mass is 9.84. The van der Waals surface area contributed by atoms with Crippen LogP contribution >= 0.6 is 0 Å². The second-order valence-corrected chi connectivity index (χ2v) is 13.8. The molecular weight excluding hydrogens is 506 g/mol. The summed E-state index contributed by atoms with van der Waals surface area (Å²) in [6.45, 7) is 13.0. The van der Waals surface area contributed by atoms with Crippen molar-refractivity contribution in [2.75, 3.05) is 24.7 Å². The standard InChI is InChI=1S/C27H39N5O5S/c1-8-36-24(33)31-38(7,35)17-19-10-9-11-21(14-19)29-23-28-15-20-12-13-32(16-22(20)30-23)25(34)37-27(5,6)18-26(2,3)4/h9-11,14-15H,8,12-13,16-18H2,1-7H3,(H,28,29,30). The molecule has 0 radical (unpaired) electrons. The fourth-order valence-corrected chi connectivity index (χ4v) is 5.88. The van der Waals surface area contributed by atoms with Crippen molar-refractivity contribution in [2.24, 2.45) is 9.78 Å². The Balaban J connectivity index is 1.69. The van der Waals surface area contributed by atoms with Gasteiger partial charge in [0.15, 0.2) is 0 Å². The Morgan fingerprint density at radius 3 is 2.63 bits per heavy atom. The Labute approximate surface area is 225 Å². The molecule has 3 rings (SSSR count). The highest BCUT2D eigenvalue weighted by atomic mass is 32.2. The van der Waals surface area contributed by atoms with Gasteiger partial charge in [0.25, 0.3) is 0 Å². The fourth-order valence-electron chi connectivity index (χ4n) is 4.65. The molecule has 0 fully saturated rings. The summed E-state index contributed by atoms with van der Waals surface area (Å²) in [5.41, 5.74) is 2.65. The van der Waals surface area contributed by atoms with Crippen molar-refractivity contribution in [1.82, 2.24) is 14.9 Å². The maximum atomic E-state index is 12.9. The molecule has 0 saturated heterocycles. The van der Waals surface area contributed by atoms with Crippen LogP contribution in [-0.2, 0) is 37.9 Å². The summed E-state index contributed by atoms with van der Waals surface area (Å²) in [6, 6.07) is 7.28. The van der Waals surface area contributed by atoms with E-state index in [1.54, 1.807) is 18.0 Å². The van der Waals surface area contributed by atoms with Gasteiger partial charge in [-0.3, -0.25) is 0 Å². The minimum Gasteiger partial charge on any atom is -0.448 e. The second-order valence-electron chi connectivity index (χ2n) is 11.4. The number of aromatic nitrogens is 2. The third kappa shape index (κ3) is 8.97. The fraction of sp³-hybridized carbons (Fsp3) is 0.556. The number of carbonyl (C=O) groups is 2. The average Bonchev–Trinajstić information content (AvgIpc) is 2.76. The number of nitrogens with one attached hydrogen (secondary N) is 1. The first-order valence-corrected chi connectivity index (χ1v) is 14.8. The van der Waals surface area contributed by atoms with Gasteiger partial charge in [0, 0.05) is 24.7 Å². The van der Waals surface area contributed by atoms with E-state index in [0.717, 1.165) is 23.2 Å². The molecule has 1 aliphatic rings.